The van der Waals surface area contributed by atoms with Crippen LogP contribution in [-0.2, 0) is 17.5 Å². The third-order valence-corrected chi connectivity index (χ3v) is 3.42. The Bertz CT molecular complexity index is 833. The summed E-state index contributed by atoms with van der Waals surface area (Å²) in [6, 6.07) is 11.5. The highest BCUT2D eigenvalue weighted by Gasteiger charge is 2.31. The van der Waals surface area contributed by atoms with E-state index in [-0.39, 0.29) is 18.7 Å². The van der Waals surface area contributed by atoms with Crippen LogP contribution in [0.4, 0.5) is 18.0 Å². The predicted molar refractivity (Wildman–Crippen MR) is 92.1 cm³/mol. The molecule has 142 valence electrons. The lowest BCUT2D eigenvalue weighted by molar-refractivity contribution is -0.137. The van der Waals surface area contributed by atoms with Gasteiger partial charge in [0.25, 0.3) is 0 Å². The monoisotopic (exact) mass is 379 g/mol. The molecular weight excluding hydrogens is 363 g/mol. The molecule has 2 N–H and O–H groups in total. The lowest BCUT2D eigenvalue weighted by Crippen LogP contribution is -2.24. The average Bonchev–Trinajstić information content (AvgIpc) is 2.63. The van der Waals surface area contributed by atoms with E-state index in [1.165, 1.54) is 12.2 Å². The summed E-state index contributed by atoms with van der Waals surface area (Å²) in [5.74, 6) is -1.46. The maximum atomic E-state index is 12.8. The first-order valence-electron chi connectivity index (χ1n) is 7.82. The molecule has 2 rings (SSSR count). The average molecular weight is 379 g/mol. The smallest absolute Gasteiger partial charge is 0.416 e. The number of carbonyl (C=O) groups excluding carboxylic acids is 1. The Balaban J connectivity index is 1.92. The Morgan fingerprint density at radius 2 is 1.81 bits per heavy atom. The molecule has 0 aliphatic rings. The van der Waals surface area contributed by atoms with Crippen LogP contribution in [0.3, 0.4) is 0 Å². The maximum Gasteiger partial charge on any atom is 0.416 e. The van der Waals surface area contributed by atoms with Gasteiger partial charge in [0.05, 0.1) is 11.1 Å². The second-order valence-electron chi connectivity index (χ2n) is 5.49. The van der Waals surface area contributed by atoms with E-state index in [4.69, 9.17) is 9.84 Å². The summed E-state index contributed by atoms with van der Waals surface area (Å²) < 4.78 is 43.5. The highest BCUT2D eigenvalue weighted by atomic mass is 19.4. The summed E-state index contributed by atoms with van der Waals surface area (Å²) in [5, 5.41) is 11.4. The van der Waals surface area contributed by atoms with E-state index in [2.05, 4.69) is 5.32 Å². The Morgan fingerprint density at radius 1 is 1.11 bits per heavy atom. The van der Waals surface area contributed by atoms with Gasteiger partial charge in [-0.1, -0.05) is 42.5 Å². The van der Waals surface area contributed by atoms with Crippen molar-refractivity contribution < 1.29 is 32.6 Å². The standard InChI is InChI=1S/C19H16F3NO4/c20-19(21,22)16-10-14(9-15(11-16)17(24)25)7-4-8-23-18(26)27-12-13-5-2-1-3-6-13/h1-7,9-11H,8,12H2,(H,23,26)(H,24,25). The second kappa shape index (κ2) is 8.88. The molecule has 1 amide bonds. The van der Waals surface area contributed by atoms with Gasteiger partial charge < -0.3 is 15.2 Å². The number of amides is 1. The number of nitrogens with one attached hydrogen (secondary N) is 1. The van der Waals surface area contributed by atoms with Gasteiger partial charge in [-0.2, -0.15) is 13.2 Å². The highest BCUT2D eigenvalue weighted by molar-refractivity contribution is 5.88. The zero-order valence-electron chi connectivity index (χ0n) is 14.0. The number of alkyl carbamates (subject to hydrolysis) is 1. The minimum Gasteiger partial charge on any atom is -0.478 e. The number of alkyl halides is 3. The predicted octanol–water partition coefficient (Wildman–Crippen LogP) is 4.34. The van der Waals surface area contributed by atoms with Crippen molar-refractivity contribution in [3.63, 3.8) is 0 Å². The van der Waals surface area contributed by atoms with Crippen LogP contribution in [0.15, 0.2) is 54.6 Å². The maximum absolute atomic E-state index is 12.8. The molecule has 0 aromatic heterocycles. The van der Waals surface area contributed by atoms with E-state index in [9.17, 15) is 22.8 Å². The van der Waals surface area contributed by atoms with Crippen molar-refractivity contribution >= 4 is 18.1 Å². The van der Waals surface area contributed by atoms with Crippen LogP contribution in [0, 0.1) is 0 Å². The molecule has 0 unspecified atom stereocenters. The van der Waals surface area contributed by atoms with E-state index in [1.807, 2.05) is 6.07 Å². The number of carboxylic acids is 1. The van der Waals surface area contributed by atoms with Gasteiger partial charge in [0, 0.05) is 6.54 Å². The van der Waals surface area contributed by atoms with Gasteiger partial charge in [-0.25, -0.2) is 9.59 Å². The van der Waals surface area contributed by atoms with Gasteiger partial charge in [-0.15, -0.1) is 0 Å². The van der Waals surface area contributed by atoms with Gasteiger partial charge in [0.15, 0.2) is 0 Å². The molecule has 2 aromatic rings. The Hall–Kier alpha value is -3.29. The molecule has 0 saturated carbocycles. The summed E-state index contributed by atoms with van der Waals surface area (Å²) in [6.45, 7) is 0.0955. The fourth-order valence-corrected chi connectivity index (χ4v) is 2.15. The molecule has 5 nitrogen and oxygen atoms in total. The largest absolute Gasteiger partial charge is 0.478 e. The zero-order chi connectivity index (χ0) is 19.9. The normalized spacial score (nSPS) is 11.4. The minimum absolute atomic E-state index is 0.00622. The van der Waals surface area contributed by atoms with Crippen LogP contribution in [0.2, 0.25) is 0 Å². The molecule has 0 bridgehead atoms. The van der Waals surface area contributed by atoms with Crippen LogP contribution in [-0.4, -0.2) is 23.7 Å². The van der Waals surface area contributed by atoms with Crippen LogP contribution in [0.5, 0.6) is 0 Å². The van der Waals surface area contributed by atoms with E-state index in [0.717, 1.165) is 17.7 Å². The number of benzene rings is 2. The molecule has 0 spiro atoms. The quantitative estimate of drug-likeness (QED) is 0.783. The van der Waals surface area contributed by atoms with Crippen molar-refractivity contribution in [1.29, 1.82) is 0 Å². The Morgan fingerprint density at radius 3 is 2.44 bits per heavy atom. The van der Waals surface area contributed by atoms with Crippen LogP contribution >= 0.6 is 0 Å². The lowest BCUT2D eigenvalue weighted by atomic mass is 10.0. The van der Waals surface area contributed by atoms with Crippen LogP contribution in [0.1, 0.15) is 27.0 Å². The Labute approximate surface area is 153 Å². The minimum atomic E-state index is -4.66. The van der Waals surface area contributed by atoms with Crippen molar-refractivity contribution in [1.82, 2.24) is 5.32 Å². The fourth-order valence-electron chi connectivity index (χ4n) is 2.15. The molecular formula is C19H16F3NO4. The second-order valence-corrected chi connectivity index (χ2v) is 5.49. The molecule has 8 heteroatoms. The van der Waals surface area contributed by atoms with E-state index in [0.29, 0.717) is 6.07 Å². The number of hydrogen-bond donors (Lipinski definition) is 2. The molecule has 0 saturated heterocycles. The fraction of sp³-hybridized carbons (Fsp3) is 0.158. The first-order valence-corrected chi connectivity index (χ1v) is 7.82. The van der Waals surface area contributed by atoms with Gasteiger partial charge in [-0.3, -0.25) is 0 Å². The number of halogens is 3. The van der Waals surface area contributed by atoms with Crippen molar-refractivity contribution in [2.24, 2.45) is 0 Å². The van der Waals surface area contributed by atoms with Gasteiger partial charge in [0.1, 0.15) is 6.61 Å². The summed E-state index contributed by atoms with van der Waals surface area (Å²) in [7, 11) is 0. The highest BCUT2D eigenvalue weighted by Crippen LogP contribution is 2.31. The third kappa shape index (κ3) is 6.50. The Kier molecular flexibility index (Phi) is 6.59. The first kappa shape index (κ1) is 20.0. The first-order chi connectivity index (χ1) is 12.8. The van der Waals surface area contributed by atoms with Gasteiger partial charge in [-0.05, 0) is 29.3 Å². The lowest BCUT2D eigenvalue weighted by Gasteiger charge is -2.09. The topological polar surface area (TPSA) is 75.6 Å². The molecule has 0 aliphatic carbocycles. The van der Waals surface area contributed by atoms with Crippen molar-refractivity contribution in [3.05, 3.63) is 76.9 Å². The van der Waals surface area contributed by atoms with E-state index in [1.54, 1.807) is 24.3 Å². The molecule has 0 heterocycles. The molecule has 0 aliphatic heterocycles. The van der Waals surface area contributed by atoms with Crippen molar-refractivity contribution in [3.8, 4) is 0 Å². The zero-order valence-corrected chi connectivity index (χ0v) is 14.0. The number of carboxylic acid groups (broad SMARTS) is 1. The SMILES string of the molecule is O=C(NCC=Cc1cc(C(=O)O)cc(C(F)(F)F)c1)OCc1ccccc1. The summed E-state index contributed by atoms with van der Waals surface area (Å²) in [6.07, 6.45) is -2.66. The summed E-state index contributed by atoms with van der Waals surface area (Å²) in [4.78, 5) is 22.5. The third-order valence-electron chi connectivity index (χ3n) is 3.42. The molecule has 0 atom stereocenters. The van der Waals surface area contributed by atoms with Gasteiger partial charge in [0.2, 0.25) is 0 Å². The number of ether oxygens (including phenoxy) is 1. The number of carbonyl (C=O) groups is 2. The number of rotatable bonds is 6. The van der Waals surface area contributed by atoms with E-state index < -0.39 is 29.4 Å². The number of hydrogen-bond acceptors (Lipinski definition) is 3. The molecule has 0 radical (unpaired) electrons. The van der Waals surface area contributed by atoms with Crippen LogP contribution in [0.25, 0.3) is 6.08 Å². The van der Waals surface area contributed by atoms with Crippen molar-refractivity contribution in [2.45, 2.75) is 12.8 Å². The van der Waals surface area contributed by atoms with Gasteiger partial charge >= 0.3 is 18.2 Å². The molecule has 2 aromatic carbocycles. The van der Waals surface area contributed by atoms with E-state index >= 15 is 0 Å². The summed E-state index contributed by atoms with van der Waals surface area (Å²) >= 11 is 0. The van der Waals surface area contributed by atoms with Crippen LogP contribution < -0.4 is 5.32 Å². The summed E-state index contributed by atoms with van der Waals surface area (Å²) in [5.41, 5.74) is -0.660. The van der Waals surface area contributed by atoms with Crippen molar-refractivity contribution in [2.75, 3.05) is 6.54 Å². The number of aromatic carboxylic acids is 1. The molecule has 27 heavy (non-hydrogen) atoms. The molecule has 0 fully saturated rings.